The fraction of sp³-hybridized carbons (Fsp3) is 0.231. The van der Waals surface area contributed by atoms with Gasteiger partial charge in [0.05, 0.1) is 16.8 Å². The van der Waals surface area contributed by atoms with Crippen LogP contribution in [-0.4, -0.2) is 17.1 Å². The second-order valence-electron chi connectivity index (χ2n) is 4.13. The standard InChI is InChI=1S/C13H11BrCl2N2OS/c1-19-6-10-12(14)13(20)18-11(17-10)4-7-2-3-8(15)5-9(7)16/h2-3,5H,4,6H2,1H3,(H,17,18,20). The first-order valence-electron chi connectivity index (χ1n) is 5.71. The SMILES string of the molecule is COCc1[nH]c(Cc2ccc(Cl)cc2Cl)nc(=S)c1Br. The normalized spacial score (nSPS) is 10.8. The summed E-state index contributed by atoms with van der Waals surface area (Å²) >= 11 is 20.7. The van der Waals surface area contributed by atoms with Crippen LogP contribution in [0.2, 0.25) is 10.0 Å². The highest BCUT2D eigenvalue weighted by atomic mass is 79.9. The predicted molar refractivity (Wildman–Crippen MR) is 87.1 cm³/mol. The quantitative estimate of drug-likeness (QED) is 0.747. The molecule has 2 aromatic rings. The van der Waals surface area contributed by atoms with Gasteiger partial charge < -0.3 is 9.72 Å². The summed E-state index contributed by atoms with van der Waals surface area (Å²) < 4.78 is 6.38. The Hall–Kier alpha value is -0.460. The highest BCUT2D eigenvalue weighted by Gasteiger charge is 2.09. The molecule has 0 atom stereocenters. The number of hydrogen-bond donors (Lipinski definition) is 1. The van der Waals surface area contributed by atoms with Crippen molar-refractivity contribution in [2.24, 2.45) is 0 Å². The molecule has 7 heteroatoms. The van der Waals surface area contributed by atoms with Gasteiger partial charge in [0.15, 0.2) is 0 Å². The van der Waals surface area contributed by atoms with Crippen molar-refractivity contribution < 1.29 is 4.74 Å². The van der Waals surface area contributed by atoms with Crippen LogP contribution < -0.4 is 0 Å². The van der Waals surface area contributed by atoms with E-state index in [4.69, 9.17) is 40.2 Å². The summed E-state index contributed by atoms with van der Waals surface area (Å²) in [6, 6.07) is 5.38. The minimum absolute atomic E-state index is 0.425. The molecule has 2 rings (SSSR count). The molecular weight excluding hydrogens is 383 g/mol. The number of ether oxygens (including phenoxy) is 1. The molecular formula is C13H11BrCl2N2OS. The first-order valence-corrected chi connectivity index (χ1v) is 7.67. The van der Waals surface area contributed by atoms with Crippen LogP contribution in [0.15, 0.2) is 22.7 Å². The van der Waals surface area contributed by atoms with Crippen LogP contribution in [0.3, 0.4) is 0 Å². The molecule has 0 fully saturated rings. The van der Waals surface area contributed by atoms with Crippen molar-refractivity contribution in [2.75, 3.05) is 7.11 Å². The summed E-state index contributed by atoms with van der Waals surface area (Å²) in [5.41, 5.74) is 1.78. The second kappa shape index (κ2) is 7.00. The first kappa shape index (κ1) is 15.9. The Bertz CT molecular complexity index is 691. The molecule has 0 amide bonds. The third kappa shape index (κ3) is 3.80. The number of nitrogens with one attached hydrogen (secondary N) is 1. The molecule has 1 heterocycles. The van der Waals surface area contributed by atoms with Gasteiger partial charge in [0.25, 0.3) is 0 Å². The fourth-order valence-electron chi connectivity index (χ4n) is 1.73. The van der Waals surface area contributed by atoms with E-state index < -0.39 is 0 Å². The number of halogens is 3. The summed E-state index contributed by atoms with van der Waals surface area (Å²) in [4.78, 5) is 7.54. The summed E-state index contributed by atoms with van der Waals surface area (Å²) in [5.74, 6) is 0.731. The lowest BCUT2D eigenvalue weighted by Gasteiger charge is -2.09. The number of hydrogen-bond acceptors (Lipinski definition) is 3. The number of nitrogens with zero attached hydrogens (tertiary/aromatic N) is 1. The molecule has 0 unspecified atom stereocenters. The van der Waals surface area contributed by atoms with Gasteiger partial charge in [0.2, 0.25) is 0 Å². The van der Waals surface area contributed by atoms with Crippen molar-refractivity contribution in [1.29, 1.82) is 0 Å². The Kier molecular flexibility index (Phi) is 5.57. The van der Waals surface area contributed by atoms with E-state index >= 15 is 0 Å². The van der Waals surface area contributed by atoms with Crippen molar-refractivity contribution in [1.82, 2.24) is 9.97 Å². The van der Waals surface area contributed by atoms with Crippen LogP contribution in [0.1, 0.15) is 17.1 Å². The van der Waals surface area contributed by atoms with Gasteiger partial charge in [-0.3, -0.25) is 0 Å². The monoisotopic (exact) mass is 392 g/mol. The van der Waals surface area contributed by atoms with Crippen LogP contribution in [0.25, 0.3) is 0 Å². The molecule has 0 spiro atoms. The Morgan fingerprint density at radius 1 is 1.40 bits per heavy atom. The lowest BCUT2D eigenvalue weighted by atomic mass is 10.1. The topological polar surface area (TPSA) is 37.9 Å². The van der Waals surface area contributed by atoms with E-state index in [9.17, 15) is 0 Å². The average Bonchev–Trinajstić information content (AvgIpc) is 2.39. The summed E-state index contributed by atoms with van der Waals surface area (Å²) in [7, 11) is 1.62. The van der Waals surface area contributed by atoms with Gasteiger partial charge >= 0.3 is 0 Å². The van der Waals surface area contributed by atoms with Crippen LogP contribution in [0.4, 0.5) is 0 Å². The van der Waals surface area contributed by atoms with Crippen LogP contribution in [0.5, 0.6) is 0 Å². The van der Waals surface area contributed by atoms with Crippen LogP contribution in [0, 0.1) is 4.64 Å². The van der Waals surface area contributed by atoms with E-state index in [1.165, 1.54) is 0 Å². The second-order valence-corrected chi connectivity index (χ2v) is 6.15. The molecule has 3 nitrogen and oxygen atoms in total. The van der Waals surface area contributed by atoms with E-state index in [-0.39, 0.29) is 0 Å². The van der Waals surface area contributed by atoms with Crippen molar-refractivity contribution in [3.05, 3.63) is 54.4 Å². The molecule has 106 valence electrons. The number of aromatic amines is 1. The van der Waals surface area contributed by atoms with Gasteiger partial charge in [-0.05, 0) is 33.6 Å². The highest BCUT2D eigenvalue weighted by molar-refractivity contribution is 9.10. The molecule has 0 bridgehead atoms. The van der Waals surface area contributed by atoms with Crippen molar-refractivity contribution in [2.45, 2.75) is 13.0 Å². The Balaban J connectivity index is 2.36. The summed E-state index contributed by atoms with van der Waals surface area (Å²) in [5, 5.41) is 1.21. The van der Waals surface area contributed by atoms with Gasteiger partial charge in [-0.2, -0.15) is 0 Å². The Morgan fingerprint density at radius 3 is 2.80 bits per heavy atom. The molecule has 0 aliphatic heterocycles. The largest absolute Gasteiger partial charge is 0.378 e. The van der Waals surface area contributed by atoms with Gasteiger partial charge in [0, 0.05) is 23.6 Å². The Labute approximate surface area is 140 Å². The predicted octanol–water partition coefficient (Wildman–Crippen LogP) is 4.95. The van der Waals surface area contributed by atoms with Crippen LogP contribution in [-0.2, 0) is 17.8 Å². The molecule has 0 aliphatic carbocycles. The molecule has 0 radical (unpaired) electrons. The maximum Gasteiger partial charge on any atom is 0.144 e. The molecule has 0 saturated carbocycles. The third-order valence-corrected chi connectivity index (χ3v) is 4.65. The molecule has 1 aromatic carbocycles. The van der Waals surface area contributed by atoms with E-state index in [0.717, 1.165) is 21.6 Å². The zero-order valence-electron chi connectivity index (χ0n) is 10.5. The molecule has 0 aliphatic rings. The number of methoxy groups -OCH3 is 1. The fourth-order valence-corrected chi connectivity index (χ4v) is 2.74. The average molecular weight is 394 g/mol. The smallest absolute Gasteiger partial charge is 0.144 e. The van der Waals surface area contributed by atoms with Gasteiger partial charge in [-0.1, -0.05) is 41.5 Å². The minimum atomic E-state index is 0.425. The zero-order valence-corrected chi connectivity index (χ0v) is 14.5. The summed E-state index contributed by atoms with van der Waals surface area (Å²) in [6.07, 6.45) is 0.545. The van der Waals surface area contributed by atoms with E-state index in [2.05, 4.69) is 25.9 Å². The molecule has 0 saturated heterocycles. The zero-order chi connectivity index (χ0) is 14.7. The van der Waals surface area contributed by atoms with E-state index in [1.54, 1.807) is 19.2 Å². The van der Waals surface area contributed by atoms with Gasteiger partial charge in [0.1, 0.15) is 10.5 Å². The summed E-state index contributed by atoms with van der Waals surface area (Å²) in [6.45, 7) is 0.425. The maximum atomic E-state index is 6.17. The third-order valence-electron chi connectivity index (χ3n) is 2.65. The van der Waals surface area contributed by atoms with Crippen molar-refractivity contribution >= 4 is 51.3 Å². The lowest BCUT2D eigenvalue weighted by Crippen LogP contribution is -2.04. The van der Waals surface area contributed by atoms with E-state index in [1.807, 2.05) is 6.07 Å². The lowest BCUT2D eigenvalue weighted by molar-refractivity contribution is 0.180. The van der Waals surface area contributed by atoms with Crippen molar-refractivity contribution in [3.8, 4) is 0 Å². The number of benzene rings is 1. The number of rotatable bonds is 4. The number of aromatic nitrogens is 2. The van der Waals surface area contributed by atoms with Crippen molar-refractivity contribution in [3.63, 3.8) is 0 Å². The first-order chi connectivity index (χ1) is 9.51. The Morgan fingerprint density at radius 2 is 2.15 bits per heavy atom. The minimum Gasteiger partial charge on any atom is -0.378 e. The van der Waals surface area contributed by atoms with Crippen LogP contribution >= 0.6 is 51.3 Å². The maximum absolute atomic E-state index is 6.17. The molecule has 1 aromatic heterocycles. The van der Waals surface area contributed by atoms with Gasteiger partial charge in [-0.25, -0.2) is 4.98 Å². The molecule has 1 N–H and O–H groups in total. The highest BCUT2D eigenvalue weighted by Crippen LogP contribution is 2.23. The van der Waals surface area contributed by atoms with Gasteiger partial charge in [-0.15, -0.1) is 0 Å². The molecule has 20 heavy (non-hydrogen) atoms. The van der Waals surface area contributed by atoms with E-state index in [0.29, 0.717) is 27.7 Å². The number of H-pyrrole nitrogens is 1.